The summed E-state index contributed by atoms with van der Waals surface area (Å²) in [6, 6.07) is 1.82. The summed E-state index contributed by atoms with van der Waals surface area (Å²) < 4.78 is 2.04. The maximum absolute atomic E-state index is 12.1. The Bertz CT molecular complexity index is 802. The Morgan fingerprint density at radius 2 is 2.44 bits per heavy atom. The van der Waals surface area contributed by atoms with Gasteiger partial charge in [-0.05, 0) is 11.4 Å². The van der Waals surface area contributed by atoms with Crippen molar-refractivity contribution in [2.24, 2.45) is 0 Å². The second kappa shape index (κ2) is 4.14. The van der Waals surface area contributed by atoms with Crippen molar-refractivity contribution in [1.29, 1.82) is 0 Å². The first-order valence-corrected chi connectivity index (χ1v) is 6.85. The van der Waals surface area contributed by atoms with Gasteiger partial charge in [0.25, 0.3) is 5.56 Å². The maximum atomic E-state index is 12.1. The van der Waals surface area contributed by atoms with Crippen LogP contribution >= 0.6 is 23.1 Å². The molecule has 0 aliphatic rings. The fourth-order valence-corrected chi connectivity index (χ4v) is 3.00. The molecule has 0 saturated carbocycles. The standard InChI is InChI=1S/C10H7N3O3S2/c14-7(15)4-18-6-3-13-9(16)8-5(1-2-17-8)11-10(13)12-6/h1-3H,4H2,(H,11,12)(H,14,15). The van der Waals surface area contributed by atoms with Gasteiger partial charge in [0.05, 0.1) is 11.3 Å². The van der Waals surface area contributed by atoms with E-state index in [9.17, 15) is 9.59 Å². The van der Waals surface area contributed by atoms with Crippen molar-refractivity contribution in [2.45, 2.75) is 5.03 Å². The maximum Gasteiger partial charge on any atom is 0.313 e. The molecule has 0 aliphatic carbocycles. The molecule has 8 heteroatoms. The molecule has 3 heterocycles. The van der Waals surface area contributed by atoms with E-state index in [0.29, 0.717) is 15.5 Å². The minimum atomic E-state index is -0.913. The van der Waals surface area contributed by atoms with Crippen molar-refractivity contribution in [2.75, 3.05) is 5.75 Å². The van der Waals surface area contributed by atoms with E-state index < -0.39 is 5.97 Å². The van der Waals surface area contributed by atoms with Crippen molar-refractivity contribution < 1.29 is 9.90 Å². The first-order valence-electron chi connectivity index (χ1n) is 4.98. The lowest BCUT2D eigenvalue weighted by atomic mass is 10.5. The smallest absolute Gasteiger partial charge is 0.313 e. The van der Waals surface area contributed by atoms with E-state index >= 15 is 0 Å². The molecule has 0 radical (unpaired) electrons. The number of nitrogens with one attached hydrogen (secondary N) is 1. The van der Waals surface area contributed by atoms with Crippen molar-refractivity contribution in [3.05, 3.63) is 28.0 Å². The number of aromatic nitrogens is 3. The SMILES string of the molecule is O=C(O)CSc1cn2c(=O)c3sccc3[nH]c2n1. The number of thiophene rings is 1. The van der Waals surface area contributed by atoms with Crippen molar-refractivity contribution >= 4 is 45.1 Å². The van der Waals surface area contributed by atoms with Gasteiger partial charge in [-0.15, -0.1) is 11.3 Å². The third kappa shape index (κ3) is 1.79. The van der Waals surface area contributed by atoms with Crippen LogP contribution in [0, 0.1) is 0 Å². The van der Waals surface area contributed by atoms with E-state index in [1.54, 1.807) is 6.20 Å². The van der Waals surface area contributed by atoms with Crippen molar-refractivity contribution in [1.82, 2.24) is 14.4 Å². The molecule has 0 aliphatic heterocycles. The molecular weight excluding hydrogens is 274 g/mol. The van der Waals surface area contributed by atoms with Crippen LogP contribution < -0.4 is 5.56 Å². The Morgan fingerprint density at radius 1 is 1.61 bits per heavy atom. The number of nitrogens with zero attached hydrogens (tertiary/aromatic N) is 2. The van der Waals surface area contributed by atoms with Crippen molar-refractivity contribution in [3.8, 4) is 0 Å². The van der Waals surface area contributed by atoms with Gasteiger partial charge in [-0.25, -0.2) is 9.38 Å². The normalized spacial score (nSPS) is 11.3. The lowest BCUT2D eigenvalue weighted by molar-refractivity contribution is -0.133. The number of aliphatic carboxylic acids is 1. The van der Waals surface area contributed by atoms with Crippen LogP contribution in [0.2, 0.25) is 0 Å². The third-order valence-corrected chi connectivity index (χ3v) is 4.14. The molecule has 0 fully saturated rings. The molecule has 0 amide bonds. The molecule has 18 heavy (non-hydrogen) atoms. The number of aromatic amines is 1. The highest BCUT2D eigenvalue weighted by Crippen LogP contribution is 2.19. The molecule has 6 nitrogen and oxygen atoms in total. The first-order chi connectivity index (χ1) is 8.65. The van der Waals surface area contributed by atoms with Gasteiger partial charge in [0.2, 0.25) is 5.78 Å². The summed E-state index contributed by atoms with van der Waals surface area (Å²) in [5.41, 5.74) is 0.612. The molecule has 0 atom stereocenters. The van der Waals surface area contributed by atoms with Crippen LogP contribution in [0.25, 0.3) is 16.0 Å². The molecule has 3 rings (SSSR count). The monoisotopic (exact) mass is 281 g/mol. The molecule has 0 spiro atoms. The van der Waals surface area contributed by atoms with E-state index in [1.807, 2.05) is 11.4 Å². The van der Waals surface area contributed by atoms with Crippen LogP contribution in [0.5, 0.6) is 0 Å². The lowest BCUT2D eigenvalue weighted by Crippen LogP contribution is -2.11. The molecule has 0 unspecified atom stereocenters. The molecule has 3 aromatic rings. The zero-order chi connectivity index (χ0) is 12.7. The molecular formula is C10H7N3O3S2. The Morgan fingerprint density at radius 3 is 3.22 bits per heavy atom. The van der Waals surface area contributed by atoms with Crippen LogP contribution in [0.3, 0.4) is 0 Å². The summed E-state index contributed by atoms with van der Waals surface area (Å²) in [4.78, 5) is 29.8. The Hall–Kier alpha value is -1.80. The summed E-state index contributed by atoms with van der Waals surface area (Å²) in [7, 11) is 0. The summed E-state index contributed by atoms with van der Waals surface area (Å²) in [6.07, 6.45) is 1.56. The molecule has 0 aromatic carbocycles. The summed E-state index contributed by atoms with van der Waals surface area (Å²) in [6.45, 7) is 0. The molecule has 0 bridgehead atoms. The molecule has 92 valence electrons. The van der Waals surface area contributed by atoms with E-state index in [-0.39, 0.29) is 11.3 Å². The van der Waals surface area contributed by atoms with Crippen LogP contribution in [0.1, 0.15) is 0 Å². The average molecular weight is 281 g/mol. The van der Waals surface area contributed by atoms with Crippen LogP contribution in [-0.2, 0) is 4.79 Å². The lowest BCUT2D eigenvalue weighted by Gasteiger charge is -1.92. The summed E-state index contributed by atoms with van der Waals surface area (Å²) in [5.74, 6) is -0.560. The largest absolute Gasteiger partial charge is 0.481 e. The van der Waals surface area contributed by atoms with Crippen LogP contribution in [0.15, 0.2) is 27.5 Å². The van der Waals surface area contributed by atoms with Gasteiger partial charge in [0, 0.05) is 6.20 Å². The topological polar surface area (TPSA) is 87.5 Å². The quantitative estimate of drug-likeness (QED) is 0.709. The van der Waals surface area contributed by atoms with Gasteiger partial charge in [-0.1, -0.05) is 11.8 Å². The number of carboxylic acids is 1. The van der Waals surface area contributed by atoms with Gasteiger partial charge in [0.15, 0.2) is 0 Å². The minimum Gasteiger partial charge on any atom is -0.481 e. The number of hydrogen-bond acceptors (Lipinski definition) is 5. The van der Waals surface area contributed by atoms with Crippen LogP contribution in [-0.4, -0.2) is 31.2 Å². The first kappa shape index (κ1) is 11.3. The third-order valence-electron chi connectivity index (χ3n) is 2.35. The molecule has 2 N–H and O–H groups in total. The predicted octanol–water partition coefficient (Wildman–Crippen LogP) is 1.41. The second-order valence-electron chi connectivity index (χ2n) is 3.55. The van der Waals surface area contributed by atoms with Crippen molar-refractivity contribution in [3.63, 3.8) is 0 Å². The predicted molar refractivity (Wildman–Crippen MR) is 69.6 cm³/mol. The summed E-state index contributed by atoms with van der Waals surface area (Å²) >= 11 is 2.45. The van der Waals surface area contributed by atoms with Gasteiger partial charge in [-0.2, -0.15) is 0 Å². The van der Waals surface area contributed by atoms with E-state index in [1.165, 1.54) is 15.7 Å². The zero-order valence-corrected chi connectivity index (χ0v) is 10.5. The number of fused-ring (bicyclic) bond motifs is 2. The number of carbonyl (C=O) groups is 1. The van der Waals surface area contributed by atoms with Crippen LogP contribution in [0.4, 0.5) is 0 Å². The Kier molecular flexibility index (Phi) is 2.60. The molecule has 3 aromatic heterocycles. The van der Waals surface area contributed by atoms with E-state index in [4.69, 9.17) is 5.11 Å². The highest BCUT2D eigenvalue weighted by atomic mass is 32.2. The fraction of sp³-hybridized carbons (Fsp3) is 0.100. The van der Waals surface area contributed by atoms with Gasteiger partial charge in [0.1, 0.15) is 9.73 Å². The average Bonchev–Trinajstić information content (AvgIpc) is 2.92. The number of H-pyrrole nitrogens is 1. The number of hydrogen-bond donors (Lipinski definition) is 2. The number of imidazole rings is 1. The fourth-order valence-electron chi connectivity index (χ4n) is 1.61. The van der Waals surface area contributed by atoms with Gasteiger partial charge >= 0.3 is 5.97 Å². The van der Waals surface area contributed by atoms with Gasteiger partial charge < -0.3 is 10.1 Å². The number of thioether (sulfide) groups is 1. The summed E-state index contributed by atoms with van der Waals surface area (Å²) in [5, 5.41) is 11.0. The Balaban J connectivity index is 2.14. The second-order valence-corrected chi connectivity index (χ2v) is 5.46. The number of carboxylic acid groups (broad SMARTS) is 1. The molecule has 0 saturated heterocycles. The zero-order valence-electron chi connectivity index (χ0n) is 8.91. The highest BCUT2D eigenvalue weighted by Gasteiger charge is 2.10. The Labute approximate surface area is 108 Å². The minimum absolute atomic E-state index is 0.0769. The number of rotatable bonds is 3. The van der Waals surface area contributed by atoms with E-state index in [0.717, 1.165) is 17.3 Å². The van der Waals surface area contributed by atoms with Gasteiger partial charge in [-0.3, -0.25) is 9.59 Å². The highest BCUT2D eigenvalue weighted by molar-refractivity contribution is 7.99. The van der Waals surface area contributed by atoms with E-state index in [2.05, 4.69) is 9.97 Å².